The van der Waals surface area contributed by atoms with Crippen LogP contribution in [-0.2, 0) is 15.1 Å². The first-order valence-electron chi connectivity index (χ1n) is 14.9. The second-order valence-corrected chi connectivity index (χ2v) is 12.4. The number of rotatable bonds is 9. The molecule has 0 atom stereocenters. The van der Waals surface area contributed by atoms with E-state index in [1.165, 1.54) is 0 Å². The first-order valence-corrected chi connectivity index (χ1v) is 14.9. The van der Waals surface area contributed by atoms with Crippen LogP contribution in [-0.4, -0.2) is 33.5 Å². The Kier molecular flexibility index (Phi) is 8.57. The number of pyridine rings is 1. The van der Waals surface area contributed by atoms with Gasteiger partial charge in [0.05, 0.1) is 23.2 Å². The van der Waals surface area contributed by atoms with E-state index in [1.54, 1.807) is 6.20 Å². The van der Waals surface area contributed by atoms with E-state index >= 15 is 0 Å². The fraction of sp³-hybridized carbons (Fsp3) is 0.441. The van der Waals surface area contributed by atoms with E-state index in [2.05, 4.69) is 10.6 Å². The number of benzene rings is 2. The average molecular weight is 555 g/mol. The van der Waals surface area contributed by atoms with Gasteiger partial charge in [0.1, 0.15) is 0 Å². The quantitative estimate of drug-likeness (QED) is 0.262. The van der Waals surface area contributed by atoms with Gasteiger partial charge in [-0.3, -0.25) is 14.6 Å². The predicted molar refractivity (Wildman–Crippen MR) is 163 cm³/mol. The molecule has 0 saturated heterocycles. The van der Waals surface area contributed by atoms with Crippen LogP contribution in [0.25, 0.3) is 22.4 Å². The van der Waals surface area contributed by atoms with E-state index < -0.39 is 11.1 Å². The van der Waals surface area contributed by atoms with E-state index in [0.29, 0.717) is 37.3 Å². The Morgan fingerprint density at radius 2 is 1.66 bits per heavy atom. The number of aliphatic hydroxyl groups is 1. The summed E-state index contributed by atoms with van der Waals surface area (Å²) in [6.07, 6.45) is 8.42. The van der Waals surface area contributed by atoms with Crippen LogP contribution in [0.1, 0.15) is 77.2 Å². The molecule has 5 rings (SSSR count). The minimum absolute atomic E-state index is 0.00833. The van der Waals surface area contributed by atoms with Crippen molar-refractivity contribution in [2.24, 2.45) is 11.7 Å². The van der Waals surface area contributed by atoms with E-state index in [1.807, 2.05) is 74.5 Å². The molecule has 2 aliphatic rings. The molecule has 2 aromatic carbocycles. The van der Waals surface area contributed by atoms with E-state index in [4.69, 9.17) is 10.7 Å². The number of hydrogen-bond acceptors (Lipinski definition) is 5. The molecule has 0 aliphatic heterocycles. The van der Waals surface area contributed by atoms with Gasteiger partial charge >= 0.3 is 0 Å². The zero-order chi connectivity index (χ0) is 29.0. The number of carbonyl (C=O) groups excluding carboxylic acids is 2. The van der Waals surface area contributed by atoms with Crippen LogP contribution < -0.4 is 16.4 Å². The van der Waals surface area contributed by atoms with Crippen LogP contribution in [0.5, 0.6) is 0 Å². The van der Waals surface area contributed by atoms with Gasteiger partial charge in [0.15, 0.2) is 0 Å². The maximum atomic E-state index is 13.0. The Morgan fingerprint density at radius 1 is 0.976 bits per heavy atom. The lowest BCUT2D eigenvalue weighted by Gasteiger charge is -2.49. The van der Waals surface area contributed by atoms with Crippen LogP contribution in [0, 0.1) is 5.92 Å². The molecule has 2 saturated carbocycles. The minimum Gasteiger partial charge on any atom is -0.390 e. The van der Waals surface area contributed by atoms with Crippen molar-refractivity contribution in [2.75, 3.05) is 5.32 Å². The molecule has 1 heterocycles. The monoisotopic (exact) mass is 554 g/mol. The number of nitrogens with one attached hydrogen (secondary N) is 2. The third-order valence-electron chi connectivity index (χ3n) is 8.55. The largest absolute Gasteiger partial charge is 0.390 e. The molecule has 2 amide bonds. The zero-order valence-electron chi connectivity index (χ0n) is 24.2. The van der Waals surface area contributed by atoms with Crippen molar-refractivity contribution in [3.63, 3.8) is 0 Å². The van der Waals surface area contributed by atoms with Crippen molar-refractivity contribution < 1.29 is 14.7 Å². The van der Waals surface area contributed by atoms with E-state index in [9.17, 15) is 14.7 Å². The summed E-state index contributed by atoms with van der Waals surface area (Å²) in [5.41, 5.74) is 10.8. The molecule has 7 nitrogen and oxygen atoms in total. The smallest absolute Gasteiger partial charge is 0.224 e. The Labute approximate surface area is 243 Å². The highest BCUT2D eigenvalue weighted by Gasteiger charge is 2.49. The third-order valence-corrected chi connectivity index (χ3v) is 8.55. The number of nitrogens with two attached hydrogens (primary N) is 1. The molecule has 0 unspecified atom stereocenters. The lowest BCUT2D eigenvalue weighted by molar-refractivity contribution is -0.122. The summed E-state index contributed by atoms with van der Waals surface area (Å²) in [4.78, 5) is 29.7. The van der Waals surface area contributed by atoms with Crippen molar-refractivity contribution in [1.29, 1.82) is 0 Å². The average Bonchev–Trinajstić information content (AvgIpc) is 2.94. The minimum atomic E-state index is -0.707. The van der Waals surface area contributed by atoms with Gasteiger partial charge in [0.25, 0.3) is 0 Å². The second kappa shape index (κ2) is 12.1. The zero-order valence-corrected chi connectivity index (χ0v) is 24.2. The van der Waals surface area contributed by atoms with Gasteiger partial charge < -0.3 is 21.5 Å². The fourth-order valence-corrected chi connectivity index (χ4v) is 6.58. The molecule has 216 valence electrons. The standard InChI is InChI=1S/C34H42N4O3/c1-3-7-30(39)37-27-16-10-23(11-17-27)18-31(40)38-28-19-29(24-8-5-4-6-9-24)32(36-20-28)25-12-14-26(15-13-25)34(35)21-33(2,41)22-34/h4-6,8-9,12-15,19-20,23,27,41H,3,7,10-11,16-18,21-22,35H2,1-2H3,(H,37,39)(H,38,40). The Bertz CT molecular complexity index is 1350. The highest BCUT2D eigenvalue weighted by atomic mass is 16.3. The fourth-order valence-electron chi connectivity index (χ4n) is 6.58. The summed E-state index contributed by atoms with van der Waals surface area (Å²) >= 11 is 0. The number of nitrogens with zero attached hydrogens (tertiary/aromatic N) is 1. The maximum Gasteiger partial charge on any atom is 0.224 e. The van der Waals surface area contributed by atoms with Crippen LogP contribution in [0.3, 0.4) is 0 Å². The molecule has 2 aliphatic carbocycles. The number of anilines is 1. The Morgan fingerprint density at radius 3 is 2.29 bits per heavy atom. The number of amides is 2. The maximum absolute atomic E-state index is 13.0. The molecule has 1 aromatic heterocycles. The van der Waals surface area contributed by atoms with Gasteiger partial charge in [-0.05, 0) is 75.0 Å². The van der Waals surface area contributed by atoms with Crippen LogP contribution in [0.2, 0.25) is 0 Å². The molecule has 0 bridgehead atoms. The highest BCUT2D eigenvalue weighted by molar-refractivity contribution is 5.93. The summed E-state index contributed by atoms with van der Waals surface area (Å²) in [6, 6.07) is 20.4. The molecule has 0 radical (unpaired) electrons. The van der Waals surface area contributed by atoms with Crippen LogP contribution in [0.15, 0.2) is 66.9 Å². The molecule has 3 aromatic rings. The number of carbonyl (C=O) groups is 2. The molecule has 0 spiro atoms. The molecular weight excluding hydrogens is 512 g/mol. The summed E-state index contributed by atoms with van der Waals surface area (Å²) < 4.78 is 0. The molecule has 41 heavy (non-hydrogen) atoms. The van der Waals surface area contributed by atoms with E-state index in [0.717, 1.165) is 60.1 Å². The Hall–Kier alpha value is -3.55. The topological polar surface area (TPSA) is 117 Å². The lowest BCUT2D eigenvalue weighted by Crippen LogP contribution is -2.58. The molecule has 5 N–H and O–H groups in total. The predicted octanol–water partition coefficient (Wildman–Crippen LogP) is 5.92. The Balaban J connectivity index is 1.27. The third kappa shape index (κ3) is 7.03. The van der Waals surface area contributed by atoms with Crippen molar-refractivity contribution in [1.82, 2.24) is 10.3 Å². The summed E-state index contributed by atoms with van der Waals surface area (Å²) in [6.45, 7) is 3.83. The number of hydrogen-bond donors (Lipinski definition) is 4. The normalized spacial score (nSPS) is 25.7. The van der Waals surface area contributed by atoms with Gasteiger partial charge in [-0.1, -0.05) is 61.5 Å². The number of aromatic nitrogens is 1. The molecule has 7 heteroatoms. The van der Waals surface area contributed by atoms with Gasteiger partial charge in [-0.25, -0.2) is 0 Å². The lowest BCUT2D eigenvalue weighted by atomic mass is 9.63. The highest BCUT2D eigenvalue weighted by Crippen LogP contribution is 2.46. The molecular formula is C34H42N4O3. The van der Waals surface area contributed by atoms with Crippen molar-refractivity contribution >= 4 is 17.5 Å². The second-order valence-electron chi connectivity index (χ2n) is 12.4. The van der Waals surface area contributed by atoms with Gasteiger partial charge in [0.2, 0.25) is 11.8 Å². The van der Waals surface area contributed by atoms with Crippen molar-refractivity contribution in [3.8, 4) is 22.4 Å². The van der Waals surface area contributed by atoms with E-state index in [-0.39, 0.29) is 17.9 Å². The van der Waals surface area contributed by atoms with Gasteiger partial charge in [0, 0.05) is 35.5 Å². The van der Waals surface area contributed by atoms with Crippen molar-refractivity contribution in [3.05, 3.63) is 72.4 Å². The van der Waals surface area contributed by atoms with Crippen molar-refractivity contribution in [2.45, 2.75) is 88.8 Å². The van der Waals surface area contributed by atoms with Crippen LogP contribution in [0.4, 0.5) is 5.69 Å². The summed E-state index contributed by atoms with van der Waals surface area (Å²) in [5, 5.41) is 16.4. The summed E-state index contributed by atoms with van der Waals surface area (Å²) in [5.74, 6) is 0.440. The summed E-state index contributed by atoms with van der Waals surface area (Å²) in [7, 11) is 0. The van der Waals surface area contributed by atoms with Gasteiger partial charge in [-0.15, -0.1) is 0 Å². The van der Waals surface area contributed by atoms with Gasteiger partial charge in [-0.2, -0.15) is 0 Å². The SMILES string of the molecule is CCCC(=O)NC1CCC(CC(=O)Nc2cnc(-c3ccc(C4(N)CC(C)(O)C4)cc3)c(-c3ccccc3)c2)CC1. The first kappa shape index (κ1) is 29.0. The first-order chi connectivity index (χ1) is 19.6. The van der Waals surface area contributed by atoms with Crippen LogP contribution >= 0.6 is 0 Å². The molecule has 2 fully saturated rings.